The van der Waals surface area contributed by atoms with E-state index in [2.05, 4.69) is 35.9 Å². The van der Waals surface area contributed by atoms with E-state index in [4.69, 9.17) is 4.74 Å². The number of allylic oxidation sites excluding steroid dienone is 4. The predicted molar refractivity (Wildman–Crippen MR) is 110 cm³/mol. The van der Waals surface area contributed by atoms with Gasteiger partial charge in [-0.15, -0.1) is 0 Å². The van der Waals surface area contributed by atoms with Gasteiger partial charge in [0.2, 0.25) is 0 Å². The second-order valence-corrected chi connectivity index (χ2v) is 10.8. The zero-order valence-corrected chi connectivity index (χ0v) is 18.7. The Bertz CT molecular complexity index is 813. The summed E-state index contributed by atoms with van der Waals surface area (Å²) in [5.41, 5.74) is -0.258. The largest absolute Gasteiger partial charge is 0.451 e. The van der Waals surface area contributed by atoms with Gasteiger partial charge in [-0.1, -0.05) is 35.9 Å². The molecule has 0 aliphatic heterocycles. The number of esters is 1. The Morgan fingerprint density at radius 1 is 1.14 bits per heavy atom. The second kappa shape index (κ2) is 6.38. The van der Waals surface area contributed by atoms with Gasteiger partial charge in [0, 0.05) is 22.6 Å². The van der Waals surface area contributed by atoms with Crippen LogP contribution >= 0.6 is 15.9 Å². The van der Waals surface area contributed by atoms with Crippen LogP contribution in [0.25, 0.3) is 0 Å². The Balaban J connectivity index is 1.75. The van der Waals surface area contributed by atoms with E-state index in [1.165, 1.54) is 12.5 Å². The average molecular weight is 449 g/mol. The lowest BCUT2D eigenvalue weighted by Gasteiger charge is -2.59. The molecule has 0 spiro atoms. The molecule has 0 radical (unpaired) electrons. The fourth-order valence-electron chi connectivity index (χ4n) is 7.26. The summed E-state index contributed by atoms with van der Waals surface area (Å²) in [4.78, 5) is 36.8. The molecule has 0 heterocycles. The van der Waals surface area contributed by atoms with E-state index in [0.717, 1.165) is 25.7 Å². The first-order chi connectivity index (χ1) is 13.0. The quantitative estimate of drug-likeness (QED) is 0.458. The van der Waals surface area contributed by atoms with Crippen LogP contribution < -0.4 is 0 Å². The number of halogens is 1. The lowest BCUT2D eigenvalue weighted by molar-refractivity contribution is -0.186. The van der Waals surface area contributed by atoms with Crippen LogP contribution in [0, 0.1) is 28.6 Å². The monoisotopic (exact) mass is 448 g/mol. The molecule has 0 aromatic carbocycles. The normalized spacial score (nSPS) is 46.9. The number of hydrogen-bond acceptors (Lipinski definition) is 4. The summed E-state index contributed by atoms with van der Waals surface area (Å²) < 4.78 is 5.81. The van der Waals surface area contributed by atoms with Gasteiger partial charge in [-0.05, 0) is 74.5 Å². The lowest BCUT2D eigenvalue weighted by atomic mass is 9.47. The maximum absolute atomic E-state index is 12.8. The van der Waals surface area contributed by atoms with Crippen molar-refractivity contribution in [1.82, 2.24) is 0 Å². The Morgan fingerprint density at radius 2 is 1.82 bits per heavy atom. The first-order valence-electron chi connectivity index (χ1n) is 10.3. The van der Waals surface area contributed by atoms with Crippen molar-refractivity contribution >= 4 is 33.5 Å². The van der Waals surface area contributed by atoms with E-state index < -0.39 is 5.60 Å². The SMILES string of the molecule is CC(=O)O[C@]1(C(C)=O)CC[C@H]2[C@@H]3C[C@H](Br)C4=CC(=O)C=C[C@]4(C)[C@H]3CC[C@@]21C. The maximum atomic E-state index is 12.8. The number of Topliss-reactive ketones (excluding diaryl/α,β-unsaturated/α-hetero) is 1. The van der Waals surface area contributed by atoms with Crippen LogP contribution in [0.2, 0.25) is 0 Å². The van der Waals surface area contributed by atoms with Gasteiger partial charge in [0.05, 0.1) is 0 Å². The predicted octanol–water partition coefficient (Wildman–Crippen LogP) is 4.56. The molecule has 0 unspecified atom stereocenters. The van der Waals surface area contributed by atoms with Crippen LogP contribution in [-0.4, -0.2) is 28.0 Å². The highest BCUT2D eigenvalue weighted by atomic mass is 79.9. The molecule has 0 N–H and O–H groups in total. The van der Waals surface area contributed by atoms with Crippen molar-refractivity contribution in [2.24, 2.45) is 28.6 Å². The van der Waals surface area contributed by atoms with Crippen molar-refractivity contribution in [1.29, 1.82) is 0 Å². The highest BCUT2D eigenvalue weighted by molar-refractivity contribution is 9.09. The van der Waals surface area contributed by atoms with Crippen LogP contribution in [0.5, 0.6) is 0 Å². The minimum Gasteiger partial charge on any atom is -0.451 e. The summed E-state index contributed by atoms with van der Waals surface area (Å²) in [7, 11) is 0. The Kier molecular flexibility index (Phi) is 4.57. The van der Waals surface area contributed by atoms with Gasteiger partial charge in [0.1, 0.15) is 0 Å². The summed E-state index contributed by atoms with van der Waals surface area (Å²) in [6.45, 7) is 7.41. The number of fused-ring (bicyclic) bond motifs is 5. The smallest absolute Gasteiger partial charge is 0.303 e. The molecule has 0 saturated heterocycles. The van der Waals surface area contributed by atoms with Crippen molar-refractivity contribution in [3.05, 3.63) is 23.8 Å². The lowest BCUT2D eigenvalue weighted by Crippen LogP contribution is -2.59. The number of ether oxygens (including phenoxy) is 1. The molecule has 4 aliphatic rings. The zero-order valence-electron chi connectivity index (χ0n) is 17.1. The molecule has 0 bridgehead atoms. The number of hydrogen-bond donors (Lipinski definition) is 0. The molecular weight excluding hydrogens is 420 g/mol. The third-order valence-corrected chi connectivity index (χ3v) is 9.41. The van der Waals surface area contributed by atoms with Gasteiger partial charge in [0.25, 0.3) is 0 Å². The zero-order chi connectivity index (χ0) is 20.5. The minimum absolute atomic E-state index is 0.0210. The van der Waals surface area contributed by atoms with Crippen LogP contribution in [0.4, 0.5) is 0 Å². The number of carbonyl (C=O) groups is 3. The standard InChI is InChI=1S/C23H29BrO4/c1-13(25)23(28-14(2)26)10-7-18-16-12-20(24)19-11-15(27)5-8-21(19,3)17(16)6-9-22(18,23)4/h5,8,11,16-18,20H,6-7,9-10,12H2,1-4H3/t16-,17+,18+,20+,21-,22+,23+/m1/s1. The van der Waals surface area contributed by atoms with Gasteiger partial charge >= 0.3 is 5.97 Å². The Labute approximate surface area is 175 Å². The van der Waals surface area contributed by atoms with Gasteiger partial charge in [-0.2, -0.15) is 0 Å². The summed E-state index contributed by atoms with van der Waals surface area (Å²) in [5.74, 6) is 0.885. The molecule has 5 heteroatoms. The van der Waals surface area contributed by atoms with Crippen LogP contribution in [0.3, 0.4) is 0 Å². The number of ketones is 2. The summed E-state index contributed by atoms with van der Waals surface area (Å²) >= 11 is 3.86. The fourth-order valence-corrected chi connectivity index (χ4v) is 8.32. The molecule has 0 aromatic heterocycles. The Morgan fingerprint density at radius 3 is 2.46 bits per heavy atom. The third kappa shape index (κ3) is 2.50. The van der Waals surface area contributed by atoms with E-state index in [9.17, 15) is 14.4 Å². The fraction of sp³-hybridized carbons (Fsp3) is 0.696. The third-order valence-electron chi connectivity index (χ3n) is 8.54. The van der Waals surface area contributed by atoms with Crippen LogP contribution in [0.15, 0.2) is 23.8 Å². The first-order valence-corrected chi connectivity index (χ1v) is 11.3. The molecule has 152 valence electrons. The number of carbonyl (C=O) groups excluding carboxylic acids is 3. The van der Waals surface area contributed by atoms with Crippen LogP contribution in [-0.2, 0) is 19.1 Å². The topological polar surface area (TPSA) is 60.4 Å². The summed E-state index contributed by atoms with van der Waals surface area (Å²) in [6.07, 6.45) is 9.96. The molecule has 4 rings (SSSR count). The summed E-state index contributed by atoms with van der Waals surface area (Å²) in [6, 6.07) is 0. The molecule has 0 amide bonds. The second-order valence-electron chi connectivity index (χ2n) is 9.67. The van der Waals surface area contributed by atoms with E-state index >= 15 is 0 Å². The maximum Gasteiger partial charge on any atom is 0.303 e. The van der Waals surface area contributed by atoms with Gasteiger partial charge in [-0.3, -0.25) is 14.4 Å². The highest BCUT2D eigenvalue weighted by Crippen LogP contribution is 2.68. The number of rotatable bonds is 2. The van der Waals surface area contributed by atoms with E-state index in [1.54, 1.807) is 13.0 Å². The highest BCUT2D eigenvalue weighted by Gasteiger charge is 2.68. The van der Waals surface area contributed by atoms with Gasteiger partial charge in [-0.25, -0.2) is 0 Å². The molecule has 4 nitrogen and oxygen atoms in total. The molecule has 3 saturated carbocycles. The van der Waals surface area contributed by atoms with Crippen LogP contribution in [0.1, 0.15) is 59.8 Å². The molecular formula is C23H29BrO4. The molecule has 4 aliphatic carbocycles. The van der Waals surface area contributed by atoms with E-state index in [0.29, 0.717) is 24.2 Å². The summed E-state index contributed by atoms with van der Waals surface area (Å²) in [5, 5.41) is 0. The molecule has 0 aromatic rings. The minimum atomic E-state index is -0.994. The molecule has 3 fully saturated rings. The van der Waals surface area contributed by atoms with Crippen molar-refractivity contribution in [2.45, 2.75) is 70.2 Å². The van der Waals surface area contributed by atoms with E-state index in [-0.39, 0.29) is 33.2 Å². The number of alkyl halides is 1. The van der Waals surface area contributed by atoms with Crippen molar-refractivity contribution < 1.29 is 19.1 Å². The van der Waals surface area contributed by atoms with Gasteiger partial charge in [0.15, 0.2) is 17.2 Å². The van der Waals surface area contributed by atoms with Crippen molar-refractivity contribution in [3.63, 3.8) is 0 Å². The van der Waals surface area contributed by atoms with Crippen molar-refractivity contribution in [2.75, 3.05) is 0 Å². The Hall–Kier alpha value is -1.23. The van der Waals surface area contributed by atoms with Crippen molar-refractivity contribution in [3.8, 4) is 0 Å². The first kappa shape index (κ1) is 20.1. The molecule has 28 heavy (non-hydrogen) atoms. The molecule has 7 atom stereocenters. The average Bonchev–Trinajstić information content (AvgIpc) is 2.90. The van der Waals surface area contributed by atoms with E-state index in [1.807, 2.05) is 6.08 Å². The van der Waals surface area contributed by atoms with Gasteiger partial charge < -0.3 is 4.74 Å².